The van der Waals surface area contributed by atoms with E-state index in [2.05, 4.69) is 147 Å². The third-order valence-electron chi connectivity index (χ3n) is 6.87. The van der Waals surface area contributed by atoms with Crippen LogP contribution in [0.4, 0.5) is 11.4 Å². The standard InChI is InChI=1S/C34H38N2/c1-5-35(6-2)33-21-15-27(16-22-33)9-11-29-13-19-32-26-30(14-20-31(32)25-29)12-10-28-17-23-34(24-18-28)36(7-3)8-4/h9-26H,5-8H2,1-4H3/b11-9+,12-10+. The molecule has 4 aromatic rings. The van der Waals surface area contributed by atoms with Crippen LogP contribution in [0.5, 0.6) is 0 Å². The van der Waals surface area contributed by atoms with E-state index in [9.17, 15) is 0 Å². The van der Waals surface area contributed by atoms with Crippen molar-refractivity contribution < 1.29 is 0 Å². The smallest absolute Gasteiger partial charge is 0.0366 e. The Bertz CT molecular complexity index is 1200. The van der Waals surface area contributed by atoms with Crippen LogP contribution in [0.3, 0.4) is 0 Å². The van der Waals surface area contributed by atoms with Crippen LogP contribution in [0.1, 0.15) is 49.9 Å². The predicted molar refractivity (Wildman–Crippen MR) is 162 cm³/mol. The van der Waals surface area contributed by atoms with E-state index in [-0.39, 0.29) is 0 Å². The second-order valence-electron chi connectivity index (χ2n) is 9.06. The first kappa shape index (κ1) is 25.3. The summed E-state index contributed by atoms with van der Waals surface area (Å²) in [7, 11) is 0. The van der Waals surface area contributed by atoms with Gasteiger partial charge in [0.2, 0.25) is 0 Å². The summed E-state index contributed by atoms with van der Waals surface area (Å²) in [5.74, 6) is 0. The van der Waals surface area contributed by atoms with Crippen LogP contribution in [0.2, 0.25) is 0 Å². The van der Waals surface area contributed by atoms with Crippen molar-refractivity contribution in [1.29, 1.82) is 0 Å². The van der Waals surface area contributed by atoms with Gasteiger partial charge in [-0.1, -0.05) is 72.8 Å². The fourth-order valence-electron chi connectivity index (χ4n) is 4.64. The van der Waals surface area contributed by atoms with Gasteiger partial charge in [-0.15, -0.1) is 0 Å². The van der Waals surface area contributed by atoms with Gasteiger partial charge in [-0.05, 0) is 97.1 Å². The molecule has 0 saturated carbocycles. The highest BCUT2D eigenvalue weighted by Crippen LogP contribution is 2.22. The van der Waals surface area contributed by atoms with E-state index < -0.39 is 0 Å². The average molecular weight is 475 g/mol. The molecule has 0 spiro atoms. The number of benzene rings is 4. The third-order valence-corrected chi connectivity index (χ3v) is 6.87. The molecule has 36 heavy (non-hydrogen) atoms. The maximum atomic E-state index is 2.36. The van der Waals surface area contributed by atoms with Gasteiger partial charge in [0.1, 0.15) is 0 Å². The molecule has 184 valence electrons. The molecule has 2 nitrogen and oxygen atoms in total. The van der Waals surface area contributed by atoms with Crippen LogP contribution in [-0.4, -0.2) is 26.2 Å². The van der Waals surface area contributed by atoms with Gasteiger partial charge in [-0.3, -0.25) is 0 Å². The monoisotopic (exact) mass is 474 g/mol. The first-order valence-electron chi connectivity index (χ1n) is 13.2. The van der Waals surface area contributed by atoms with Crippen LogP contribution >= 0.6 is 0 Å². The zero-order chi connectivity index (χ0) is 25.3. The van der Waals surface area contributed by atoms with Gasteiger partial charge in [0.15, 0.2) is 0 Å². The zero-order valence-electron chi connectivity index (χ0n) is 22.1. The summed E-state index contributed by atoms with van der Waals surface area (Å²) in [6.07, 6.45) is 8.77. The minimum atomic E-state index is 1.03. The Kier molecular flexibility index (Phi) is 8.62. The van der Waals surface area contributed by atoms with Crippen LogP contribution in [0, 0.1) is 0 Å². The van der Waals surface area contributed by atoms with E-state index in [1.54, 1.807) is 0 Å². The first-order chi connectivity index (χ1) is 17.6. The van der Waals surface area contributed by atoms with Crippen LogP contribution < -0.4 is 9.80 Å². The minimum Gasteiger partial charge on any atom is -0.372 e. The molecule has 0 aliphatic rings. The van der Waals surface area contributed by atoms with Crippen LogP contribution in [0.25, 0.3) is 35.1 Å². The second-order valence-corrected chi connectivity index (χ2v) is 9.06. The summed E-state index contributed by atoms with van der Waals surface area (Å²) in [4.78, 5) is 4.73. The van der Waals surface area contributed by atoms with Crippen molar-refractivity contribution in [2.24, 2.45) is 0 Å². The zero-order valence-corrected chi connectivity index (χ0v) is 22.1. The molecule has 4 aromatic carbocycles. The van der Waals surface area contributed by atoms with E-state index in [0.717, 1.165) is 26.2 Å². The molecule has 4 rings (SSSR count). The van der Waals surface area contributed by atoms with Crippen molar-refractivity contribution in [2.45, 2.75) is 27.7 Å². The Labute approximate surface area is 217 Å². The SMILES string of the molecule is CCN(CC)c1ccc(/C=C/c2ccc3cc(/C=C/c4ccc(N(CC)CC)cc4)ccc3c2)cc1. The van der Waals surface area contributed by atoms with Crippen molar-refractivity contribution in [3.8, 4) is 0 Å². The highest BCUT2D eigenvalue weighted by molar-refractivity contribution is 5.88. The number of nitrogens with zero attached hydrogens (tertiary/aromatic N) is 2. The molecule has 0 amide bonds. The Hall–Kier alpha value is -3.78. The fraction of sp³-hybridized carbons (Fsp3) is 0.235. The lowest BCUT2D eigenvalue weighted by Gasteiger charge is -2.20. The van der Waals surface area contributed by atoms with E-state index in [0.29, 0.717) is 0 Å². The molecule has 0 radical (unpaired) electrons. The van der Waals surface area contributed by atoms with E-state index in [1.807, 2.05) is 0 Å². The van der Waals surface area contributed by atoms with Crippen molar-refractivity contribution in [2.75, 3.05) is 36.0 Å². The summed E-state index contributed by atoms with van der Waals surface area (Å²) < 4.78 is 0. The topological polar surface area (TPSA) is 6.48 Å². The normalized spacial score (nSPS) is 11.6. The number of fused-ring (bicyclic) bond motifs is 1. The van der Waals surface area contributed by atoms with Gasteiger partial charge in [-0.25, -0.2) is 0 Å². The minimum absolute atomic E-state index is 1.03. The lowest BCUT2D eigenvalue weighted by Crippen LogP contribution is -2.21. The molecule has 0 unspecified atom stereocenters. The molecule has 0 aliphatic carbocycles. The molecule has 0 N–H and O–H groups in total. The van der Waals surface area contributed by atoms with E-state index in [4.69, 9.17) is 0 Å². The summed E-state index contributed by atoms with van der Waals surface area (Å²) in [6.45, 7) is 12.9. The fourth-order valence-corrected chi connectivity index (χ4v) is 4.64. The summed E-state index contributed by atoms with van der Waals surface area (Å²) in [5, 5.41) is 2.52. The number of hydrogen-bond acceptors (Lipinski definition) is 2. The Morgan fingerprint density at radius 3 is 1.06 bits per heavy atom. The van der Waals surface area contributed by atoms with Crippen molar-refractivity contribution in [1.82, 2.24) is 0 Å². The summed E-state index contributed by atoms with van der Waals surface area (Å²) >= 11 is 0. The molecule has 0 atom stereocenters. The Morgan fingerprint density at radius 1 is 0.417 bits per heavy atom. The molecule has 0 fully saturated rings. The van der Waals surface area contributed by atoms with Crippen LogP contribution in [0.15, 0.2) is 84.9 Å². The highest BCUT2D eigenvalue weighted by Gasteiger charge is 2.02. The molecular formula is C34H38N2. The number of rotatable bonds is 10. The number of hydrogen-bond donors (Lipinski definition) is 0. The molecule has 0 bridgehead atoms. The third kappa shape index (κ3) is 6.26. The van der Waals surface area contributed by atoms with Gasteiger partial charge in [-0.2, -0.15) is 0 Å². The van der Waals surface area contributed by atoms with Gasteiger partial charge in [0.05, 0.1) is 0 Å². The number of anilines is 2. The quantitative estimate of drug-likeness (QED) is 0.212. The van der Waals surface area contributed by atoms with Gasteiger partial charge < -0.3 is 9.80 Å². The van der Waals surface area contributed by atoms with E-state index >= 15 is 0 Å². The maximum Gasteiger partial charge on any atom is 0.0366 e. The van der Waals surface area contributed by atoms with Gasteiger partial charge >= 0.3 is 0 Å². The second kappa shape index (κ2) is 12.3. The van der Waals surface area contributed by atoms with Gasteiger partial charge in [0, 0.05) is 37.6 Å². The Morgan fingerprint density at radius 2 is 0.722 bits per heavy atom. The van der Waals surface area contributed by atoms with Crippen molar-refractivity contribution in [3.05, 3.63) is 107 Å². The lowest BCUT2D eigenvalue weighted by molar-refractivity contribution is 0.866. The van der Waals surface area contributed by atoms with Crippen molar-refractivity contribution in [3.63, 3.8) is 0 Å². The van der Waals surface area contributed by atoms with Crippen molar-refractivity contribution >= 4 is 46.5 Å². The molecular weight excluding hydrogens is 436 g/mol. The largest absolute Gasteiger partial charge is 0.372 e. The van der Waals surface area contributed by atoms with E-state index in [1.165, 1.54) is 44.4 Å². The molecule has 0 aliphatic heterocycles. The lowest BCUT2D eigenvalue weighted by atomic mass is 10.0. The molecule has 0 saturated heterocycles. The van der Waals surface area contributed by atoms with Gasteiger partial charge in [0.25, 0.3) is 0 Å². The molecule has 0 heterocycles. The molecule has 2 heteroatoms. The Balaban J connectivity index is 1.44. The first-order valence-corrected chi connectivity index (χ1v) is 13.2. The summed E-state index contributed by atoms with van der Waals surface area (Å²) in [6, 6.07) is 31.0. The predicted octanol–water partition coefficient (Wildman–Crippen LogP) is 8.87. The average Bonchev–Trinajstić information content (AvgIpc) is 2.93. The molecule has 0 aromatic heterocycles. The van der Waals surface area contributed by atoms with Crippen LogP contribution in [-0.2, 0) is 0 Å². The maximum absolute atomic E-state index is 2.36. The summed E-state index contributed by atoms with van der Waals surface area (Å²) in [5.41, 5.74) is 7.43. The highest BCUT2D eigenvalue weighted by atomic mass is 15.1.